The summed E-state index contributed by atoms with van der Waals surface area (Å²) >= 11 is 1.65. The van der Waals surface area contributed by atoms with Crippen molar-refractivity contribution in [2.24, 2.45) is 17.6 Å². The summed E-state index contributed by atoms with van der Waals surface area (Å²) in [4.78, 5) is 4.34. The van der Waals surface area contributed by atoms with Gasteiger partial charge in [-0.25, -0.2) is 4.98 Å². The Kier molecular flexibility index (Phi) is 3.76. The summed E-state index contributed by atoms with van der Waals surface area (Å²) in [6, 6.07) is 0.172. The van der Waals surface area contributed by atoms with Crippen LogP contribution in [0.3, 0.4) is 0 Å². The first-order chi connectivity index (χ1) is 7.31. The van der Waals surface area contributed by atoms with Gasteiger partial charge in [0.2, 0.25) is 0 Å². The zero-order valence-electron chi connectivity index (χ0n) is 9.36. The van der Waals surface area contributed by atoms with Crippen LogP contribution in [0.1, 0.15) is 50.8 Å². The summed E-state index contributed by atoms with van der Waals surface area (Å²) in [5.41, 5.74) is 9.26. The van der Waals surface area contributed by atoms with Crippen molar-refractivity contribution < 1.29 is 0 Å². The van der Waals surface area contributed by atoms with Crippen LogP contribution in [0.2, 0.25) is 0 Å². The van der Waals surface area contributed by atoms with Gasteiger partial charge in [0.05, 0.1) is 17.2 Å². The predicted octanol–water partition coefficient (Wildman–Crippen LogP) is 3.36. The third kappa shape index (κ3) is 2.58. The van der Waals surface area contributed by atoms with Crippen molar-refractivity contribution in [3.8, 4) is 0 Å². The van der Waals surface area contributed by atoms with Gasteiger partial charge in [0.1, 0.15) is 0 Å². The summed E-state index contributed by atoms with van der Waals surface area (Å²) in [7, 11) is 0. The van der Waals surface area contributed by atoms with E-state index in [0.717, 1.165) is 11.6 Å². The molecule has 1 heterocycles. The Morgan fingerprint density at radius 2 is 2.47 bits per heavy atom. The van der Waals surface area contributed by atoms with E-state index >= 15 is 0 Å². The maximum atomic E-state index is 6.28. The number of nitrogens with two attached hydrogens (primary N) is 1. The van der Waals surface area contributed by atoms with Crippen LogP contribution in [-0.4, -0.2) is 4.98 Å². The second-order valence-electron chi connectivity index (χ2n) is 4.64. The van der Waals surface area contributed by atoms with Crippen molar-refractivity contribution in [1.82, 2.24) is 4.98 Å². The number of hydrogen-bond donors (Lipinski definition) is 1. The van der Waals surface area contributed by atoms with Crippen molar-refractivity contribution in [3.05, 3.63) is 16.6 Å². The van der Waals surface area contributed by atoms with Gasteiger partial charge in [-0.1, -0.05) is 26.2 Å². The van der Waals surface area contributed by atoms with E-state index in [1.165, 1.54) is 32.1 Å². The Bertz CT molecular complexity index is 284. The first kappa shape index (κ1) is 11.1. The van der Waals surface area contributed by atoms with Gasteiger partial charge >= 0.3 is 0 Å². The fourth-order valence-electron chi connectivity index (χ4n) is 2.66. The minimum Gasteiger partial charge on any atom is -0.322 e. The van der Waals surface area contributed by atoms with Gasteiger partial charge in [0.15, 0.2) is 0 Å². The Hall–Kier alpha value is -0.410. The molecule has 0 radical (unpaired) electrons. The van der Waals surface area contributed by atoms with Gasteiger partial charge in [0.25, 0.3) is 0 Å². The van der Waals surface area contributed by atoms with Gasteiger partial charge in [-0.15, -0.1) is 11.3 Å². The molecule has 1 aliphatic rings. The van der Waals surface area contributed by atoms with E-state index in [9.17, 15) is 0 Å². The minimum absolute atomic E-state index is 0.172. The van der Waals surface area contributed by atoms with Crippen molar-refractivity contribution in [1.29, 1.82) is 0 Å². The lowest BCUT2D eigenvalue weighted by Crippen LogP contribution is -2.27. The van der Waals surface area contributed by atoms with Crippen LogP contribution < -0.4 is 5.73 Å². The molecule has 0 aromatic carbocycles. The molecule has 0 aliphatic heterocycles. The molecule has 1 aliphatic carbocycles. The van der Waals surface area contributed by atoms with Crippen LogP contribution in [0.5, 0.6) is 0 Å². The van der Waals surface area contributed by atoms with E-state index in [2.05, 4.69) is 17.3 Å². The van der Waals surface area contributed by atoms with Gasteiger partial charge < -0.3 is 5.73 Å². The lowest BCUT2D eigenvalue weighted by molar-refractivity contribution is 0.229. The maximum Gasteiger partial charge on any atom is 0.0795 e. The summed E-state index contributed by atoms with van der Waals surface area (Å²) < 4.78 is 0. The van der Waals surface area contributed by atoms with E-state index in [-0.39, 0.29) is 6.04 Å². The molecule has 1 saturated carbocycles. The van der Waals surface area contributed by atoms with Crippen LogP contribution in [0, 0.1) is 11.8 Å². The molecule has 3 heteroatoms. The van der Waals surface area contributed by atoms with Gasteiger partial charge in [-0.3, -0.25) is 0 Å². The number of thiazole rings is 1. The zero-order valence-corrected chi connectivity index (χ0v) is 10.2. The molecule has 15 heavy (non-hydrogen) atoms. The lowest BCUT2D eigenvalue weighted by atomic mass is 9.76. The maximum absolute atomic E-state index is 6.28. The van der Waals surface area contributed by atoms with E-state index in [0.29, 0.717) is 5.92 Å². The molecule has 3 unspecified atom stereocenters. The highest BCUT2D eigenvalue weighted by atomic mass is 32.1. The Balaban J connectivity index is 1.98. The van der Waals surface area contributed by atoms with Gasteiger partial charge in [-0.05, 0) is 24.7 Å². The van der Waals surface area contributed by atoms with Crippen LogP contribution in [0.4, 0.5) is 0 Å². The van der Waals surface area contributed by atoms with Crippen molar-refractivity contribution >= 4 is 11.3 Å². The zero-order chi connectivity index (χ0) is 10.7. The molecular formula is C12H20N2S. The Labute approximate surface area is 95.9 Å². The lowest BCUT2D eigenvalue weighted by Gasteiger charge is -2.31. The number of aromatic nitrogens is 1. The number of rotatable bonds is 3. The van der Waals surface area contributed by atoms with Crippen LogP contribution in [0.25, 0.3) is 0 Å². The molecule has 1 fully saturated rings. The number of nitrogens with zero attached hydrogens (tertiary/aromatic N) is 1. The average Bonchev–Trinajstić information content (AvgIpc) is 2.81. The highest BCUT2D eigenvalue weighted by molar-refractivity contribution is 7.07. The van der Waals surface area contributed by atoms with E-state index in [1.807, 2.05) is 5.51 Å². The molecule has 2 rings (SSSR count). The van der Waals surface area contributed by atoms with Gasteiger partial charge in [0, 0.05) is 5.38 Å². The average molecular weight is 224 g/mol. The molecule has 1 aromatic rings. The summed E-state index contributed by atoms with van der Waals surface area (Å²) in [5, 5.41) is 2.10. The van der Waals surface area contributed by atoms with Crippen LogP contribution >= 0.6 is 11.3 Å². The Morgan fingerprint density at radius 1 is 1.60 bits per heavy atom. The molecule has 84 valence electrons. The molecule has 2 nitrogen and oxygen atoms in total. The third-order valence-corrected chi connectivity index (χ3v) is 4.31. The largest absolute Gasteiger partial charge is 0.322 e. The third-order valence-electron chi connectivity index (χ3n) is 3.70. The first-order valence-electron chi connectivity index (χ1n) is 5.95. The highest BCUT2D eigenvalue weighted by Crippen LogP contribution is 2.37. The highest BCUT2D eigenvalue weighted by Gasteiger charge is 2.27. The van der Waals surface area contributed by atoms with Crippen molar-refractivity contribution in [2.45, 2.75) is 45.1 Å². The monoisotopic (exact) mass is 224 g/mol. The molecule has 0 saturated heterocycles. The van der Waals surface area contributed by atoms with Crippen molar-refractivity contribution in [3.63, 3.8) is 0 Å². The first-order valence-corrected chi connectivity index (χ1v) is 6.89. The molecule has 1 aromatic heterocycles. The molecule has 0 spiro atoms. The molecular weight excluding hydrogens is 204 g/mol. The van der Waals surface area contributed by atoms with E-state index in [4.69, 9.17) is 5.73 Å². The fraction of sp³-hybridized carbons (Fsp3) is 0.750. The van der Waals surface area contributed by atoms with E-state index in [1.54, 1.807) is 11.3 Å². The van der Waals surface area contributed by atoms with Crippen LogP contribution in [-0.2, 0) is 0 Å². The fourth-order valence-corrected chi connectivity index (χ4v) is 3.26. The summed E-state index contributed by atoms with van der Waals surface area (Å²) in [6.45, 7) is 2.29. The molecule has 3 atom stereocenters. The second-order valence-corrected chi connectivity index (χ2v) is 5.36. The van der Waals surface area contributed by atoms with Gasteiger partial charge in [-0.2, -0.15) is 0 Å². The molecule has 2 N–H and O–H groups in total. The quantitative estimate of drug-likeness (QED) is 0.855. The summed E-state index contributed by atoms with van der Waals surface area (Å²) in [5.74, 6) is 1.55. The minimum atomic E-state index is 0.172. The molecule has 0 amide bonds. The number of hydrogen-bond acceptors (Lipinski definition) is 3. The molecule has 0 bridgehead atoms. The SMILES string of the molecule is CCC1CCCC(C(N)c2cscn2)C1. The summed E-state index contributed by atoms with van der Waals surface area (Å²) in [6.07, 6.45) is 6.64. The predicted molar refractivity (Wildman–Crippen MR) is 64.8 cm³/mol. The standard InChI is InChI=1S/C12H20N2S/c1-2-9-4-3-5-10(6-9)12(13)11-7-15-8-14-11/h7-10,12H,2-6,13H2,1H3. The normalized spacial score (nSPS) is 28.9. The second kappa shape index (κ2) is 5.08. The topological polar surface area (TPSA) is 38.9 Å². The van der Waals surface area contributed by atoms with E-state index < -0.39 is 0 Å². The Morgan fingerprint density at radius 3 is 3.13 bits per heavy atom. The smallest absolute Gasteiger partial charge is 0.0795 e. The van der Waals surface area contributed by atoms with Crippen molar-refractivity contribution in [2.75, 3.05) is 0 Å². The van der Waals surface area contributed by atoms with Crippen LogP contribution in [0.15, 0.2) is 10.9 Å².